The molecule has 3 aromatic rings. The number of hydrogen-bond donors (Lipinski definition) is 2. The molecule has 0 bridgehead atoms. The molecule has 0 saturated carbocycles. The maximum absolute atomic E-state index is 12.8. The van der Waals surface area contributed by atoms with E-state index in [0.717, 1.165) is 24.9 Å². The molecule has 0 spiro atoms. The molecule has 1 aliphatic carbocycles. The minimum atomic E-state index is -0.251. The fraction of sp³-hybridized carbons (Fsp3) is 0.211. The summed E-state index contributed by atoms with van der Waals surface area (Å²) in [5, 5.41) is 3.72. The lowest BCUT2D eigenvalue weighted by Gasteiger charge is -2.19. The quantitative estimate of drug-likeness (QED) is 0.759. The van der Waals surface area contributed by atoms with Crippen LogP contribution in [0.15, 0.2) is 42.5 Å². The summed E-state index contributed by atoms with van der Waals surface area (Å²) in [6.45, 7) is 0. The first kappa shape index (κ1) is 14.6. The third kappa shape index (κ3) is 2.58. The van der Waals surface area contributed by atoms with E-state index in [-0.39, 0.29) is 11.9 Å². The zero-order valence-electron chi connectivity index (χ0n) is 13.2. The molecule has 24 heavy (non-hydrogen) atoms. The fourth-order valence-corrected chi connectivity index (χ4v) is 3.35. The van der Waals surface area contributed by atoms with Crippen molar-refractivity contribution in [3.8, 4) is 0 Å². The summed E-state index contributed by atoms with van der Waals surface area (Å²) in [6.07, 6.45) is 4.43. The largest absolute Gasteiger partial charge is 0.368 e. The van der Waals surface area contributed by atoms with Gasteiger partial charge in [0.2, 0.25) is 5.95 Å². The van der Waals surface area contributed by atoms with Crippen LogP contribution in [0.4, 0.5) is 11.6 Å². The van der Waals surface area contributed by atoms with Crippen LogP contribution in [0.25, 0.3) is 10.9 Å². The van der Waals surface area contributed by atoms with Crippen LogP contribution in [-0.2, 0) is 12.8 Å². The summed E-state index contributed by atoms with van der Waals surface area (Å²) in [6, 6.07) is 13.5. The molecule has 3 N–H and O–H groups in total. The summed E-state index contributed by atoms with van der Waals surface area (Å²) in [5.74, 6) is -0.145. The van der Waals surface area contributed by atoms with Gasteiger partial charge in [0, 0.05) is 11.1 Å². The Kier molecular flexibility index (Phi) is 3.61. The van der Waals surface area contributed by atoms with Crippen LogP contribution in [0.1, 0.15) is 34.5 Å². The molecule has 0 unspecified atom stereocenters. The van der Waals surface area contributed by atoms with Gasteiger partial charge < -0.3 is 11.1 Å². The number of nitrogens with zero attached hydrogens (tertiary/aromatic N) is 2. The van der Waals surface area contributed by atoms with Gasteiger partial charge in [-0.3, -0.25) is 4.79 Å². The van der Waals surface area contributed by atoms with Crippen LogP contribution in [0.5, 0.6) is 0 Å². The highest BCUT2D eigenvalue weighted by Crippen LogP contribution is 2.28. The molecule has 1 heterocycles. The first-order valence-corrected chi connectivity index (χ1v) is 8.17. The smallest absolute Gasteiger partial charge is 0.275 e. The van der Waals surface area contributed by atoms with E-state index in [9.17, 15) is 4.79 Å². The highest BCUT2D eigenvalue weighted by molar-refractivity contribution is 6.11. The van der Waals surface area contributed by atoms with Gasteiger partial charge in [0.05, 0.1) is 5.52 Å². The predicted octanol–water partition coefficient (Wildman–Crippen LogP) is 3.34. The topological polar surface area (TPSA) is 80.9 Å². The summed E-state index contributed by atoms with van der Waals surface area (Å²) in [7, 11) is 0. The van der Waals surface area contributed by atoms with Crippen molar-refractivity contribution in [3.63, 3.8) is 0 Å². The number of carbonyl (C=O) groups excluding carboxylic acids is 1. The Hall–Kier alpha value is -2.95. The van der Waals surface area contributed by atoms with Gasteiger partial charge in [-0.2, -0.15) is 0 Å². The highest BCUT2D eigenvalue weighted by atomic mass is 16.1. The number of para-hydroxylation sites is 1. The second kappa shape index (κ2) is 5.92. The lowest BCUT2D eigenvalue weighted by Crippen LogP contribution is -2.18. The van der Waals surface area contributed by atoms with Crippen molar-refractivity contribution in [2.24, 2.45) is 0 Å². The average Bonchev–Trinajstić information content (AvgIpc) is 2.61. The number of amides is 1. The van der Waals surface area contributed by atoms with E-state index < -0.39 is 0 Å². The van der Waals surface area contributed by atoms with Crippen LogP contribution >= 0.6 is 0 Å². The number of benzene rings is 2. The Balaban J connectivity index is 1.73. The molecule has 2 aromatic carbocycles. The van der Waals surface area contributed by atoms with E-state index in [1.165, 1.54) is 17.5 Å². The van der Waals surface area contributed by atoms with Crippen LogP contribution in [0.2, 0.25) is 0 Å². The van der Waals surface area contributed by atoms with E-state index in [0.29, 0.717) is 16.6 Å². The number of nitrogens with two attached hydrogens (primary N) is 1. The van der Waals surface area contributed by atoms with Crippen molar-refractivity contribution < 1.29 is 4.79 Å². The van der Waals surface area contributed by atoms with Crippen LogP contribution in [0, 0.1) is 0 Å². The van der Waals surface area contributed by atoms with Crippen molar-refractivity contribution in [3.05, 3.63) is 59.3 Å². The minimum absolute atomic E-state index is 0.106. The van der Waals surface area contributed by atoms with Gasteiger partial charge in [-0.05, 0) is 48.9 Å². The molecule has 5 nitrogen and oxygen atoms in total. The van der Waals surface area contributed by atoms with E-state index in [1.54, 1.807) is 0 Å². The standard InChI is InChI=1S/C19H18N4O/c20-19-22-16-10-4-3-9-14(16)17(23-19)18(24)21-15-11-5-7-12-6-1-2-8-13(12)15/h3-5,7,9-11H,1-2,6,8H2,(H,21,24)(H2,20,22,23). The molecule has 1 amide bonds. The Morgan fingerprint density at radius 1 is 1.00 bits per heavy atom. The normalized spacial score (nSPS) is 13.5. The van der Waals surface area contributed by atoms with Gasteiger partial charge in [-0.1, -0.05) is 30.3 Å². The third-order valence-electron chi connectivity index (χ3n) is 4.48. The van der Waals surface area contributed by atoms with Gasteiger partial charge in [0.1, 0.15) is 5.69 Å². The molecular weight excluding hydrogens is 300 g/mol. The zero-order chi connectivity index (χ0) is 16.5. The van der Waals surface area contributed by atoms with Crippen molar-refractivity contribution in [2.45, 2.75) is 25.7 Å². The highest BCUT2D eigenvalue weighted by Gasteiger charge is 2.18. The molecular formula is C19H18N4O. The summed E-state index contributed by atoms with van der Waals surface area (Å²) < 4.78 is 0. The molecule has 0 saturated heterocycles. The zero-order valence-corrected chi connectivity index (χ0v) is 13.2. The third-order valence-corrected chi connectivity index (χ3v) is 4.48. The van der Waals surface area contributed by atoms with E-state index in [2.05, 4.69) is 21.4 Å². The van der Waals surface area contributed by atoms with E-state index in [1.807, 2.05) is 36.4 Å². The number of hydrogen-bond acceptors (Lipinski definition) is 4. The second-order valence-electron chi connectivity index (χ2n) is 6.05. The maximum Gasteiger partial charge on any atom is 0.275 e. The number of nitrogen functional groups attached to an aromatic ring is 1. The van der Waals surface area contributed by atoms with Crippen LogP contribution in [0.3, 0.4) is 0 Å². The minimum Gasteiger partial charge on any atom is -0.368 e. The number of anilines is 2. The molecule has 0 aliphatic heterocycles. The Bertz CT molecular complexity index is 936. The lowest BCUT2D eigenvalue weighted by molar-refractivity contribution is 0.102. The number of carbonyl (C=O) groups is 1. The van der Waals surface area contributed by atoms with E-state index >= 15 is 0 Å². The van der Waals surface area contributed by atoms with Crippen molar-refractivity contribution >= 4 is 28.4 Å². The molecule has 0 fully saturated rings. The molecule has 0 atom stereocenters. The van der Waals surface area contributed by atoms with Crippen molar-refractivity contribution in [1.29, 1.82) is 0 Å². The average molecular weight is 318 g/mol. The van der Waals surface area contributed by atoms with Gasteiger partial charge >= 0.3 is 0 Å². The van der Waals surface area contributed by atoms with Gasteiger partial charge in [-0.25, -0.2) is 9.97 Å². The molecule has 1 aliphatic rings. The predicted molar refractivity (Wildman–Crippen MR) is 95.0 cm³/mol. The van der Waals surface area contributed by atoms with Gasteiger partial charge in [0.15, 0.2) is 0 Å². The Morgan fingerprint density at radius 2 is 1.83 bits per heavy atom. The first-order valence-electron chi connectivity index (χ1n) is 8.17. The van der Waals surface area contributed by atoms with Crippen LogP contribution < -0.4 is 11.1 Å². The lowest BCUT2D eigenvalue weighted by atomic mass is 9.90. The second-order valence-corrected chi connectivity index (χ2v) is 6.05. The van der Waals surface area contributed by atoms with E-state index in [4.69, 9.17) is 5.73 Å². The number of aromatic nitrogens is 2. The number of rotatable bonds is 2. The Labute approximate surface area is 139 Å². The molecule has 4 rings (SSSR count). The van der Waals surface area contributed by atoms with Crippen molar-refractivity contribution in [1.82, 2.24) is 9.97 Å². The van der Waals surface area contributed by atoms with Gasteiger partial charge in [-0.15, -0.1) is 0 Å². The Morgan fingerprint density at radius 3 is 2.75 bits per heavy atom. The fourth-order valence-electron chi connectivity index (χ4n) is 3.35. The van der Waals surface area contributed by atoms with Crippen molar-refractivity contribution in [2.75, 3.05) is 11.1 Å². The number of fused-ring (bicyclic) bond motifs is 2. The molecule has 120 valence electrons. The summed E-state index contributed by atoms with van der Waals surface area (Å²) in [4.78, 5) is 21.2. The van der Waals surface area contributed by atoms with Gasteiger partial charge in [0.25, 0.3) is 5.91 Å². The molecule has 0 radical (unpaired) electrons. The molecule has 5 heteroatoms. The summed E-state index contributed by atoms with van der Waals surface area (Å²) in [5.41, 5.74) is 10.2. The summed E-state index contributed by atoms with van der Waals surface area (Å²) >= 11 is 0. The number of nitrogens with one attached hydrogen (secondary N) is 1. The monoisotopic (exact) mass is 318 g/mol. The SMILES string of the molecule is Nc1nc(C(=O)Nc2cccc3c2CCCC3)c2ccccc2n1. The molecule has 1 aromatic heterocycles. The van der Waals surface area contributed by atoms with Crippen LogP contribution in [-0.4, -0.2) is 15.9 Å². The maximum atomic E-state index is 12.8. The number of aryl methyl sites for hydroxylation is 1. The first-order chi connectivity index (χ1) is 11.7.